The van der Waals surface area contributed by atoms with Gasteiger partial charge in [-0.25, -0.2) is 0 Å². The van der Waals surface area contributed by atoms with E-state index in [2.05, 4.69) is 31.9 Å². The Morgan fingerprint density at radius 1 is 1.25 bits per heavy atom. The predicted molar refractivity (Wildman–Crippen MR) is 47.7 cm³/mol. The summed E-state index contributed by atoms with van der Waals surface area (Å²) in [5.41, 5.74) is 0. The minimum atomic E-state index is -1.07. The lowest BCUT2D eigenvalue weighted by Crippen LogP contribution is -2.11. The number of halogens is 2. The molecule has 1 saturated carbocycles. The second kappa shape index (κ2) is 2.99. The lowest BCUT2D eigenvalue weighted by molar-refractivity contribution is -0.144. The van der Waals surface area contributed by atoms with E-state index in [-0.39, 0.29) is 0 Å². The molecule has 1 unspecified atom stereocenters. The molecule has 0 aromatic heterocycles. The molecule has 2 N–H and O–H groups in total. The van der Waals surface area contributed by atoms with Crippen molar-refractivity contribution in [3.8, 4) is 0 Å². The topological polar surface area (TPSA) is 74.6 Å². The Hall–Kier alpha value is -0.100. The molecule has 1 aliphatic rings. The summed E-state index contributed by atoms with van der Waals surface area (Å²) in [6.07, 6.45) is 0. The van der Waals surface area contributed by atoms with Crippen LogP contribution in [0.3, 0.4) is 0 Å². The van der Waals surface area contributed by atoms with Gasteiger partial charge in [-0.15, -0.1) is 0 Å². The van der Waals surface area contributed by atoms with Gasteiger partial charge in [-0.2, -0.15) is 0 Å². The highest BCUT2D eigenvalue weighted by Gasteiger charge is 2.70. The maximum Gasteiger partial charge on any atom is 0.308 e. The standard InChI is InChI=1S/C6H6Br2O4/c7-1-6(8)2(4(9)10)3(6)5(11)12/h2-3H,1H2,(H,9,10)(H,11,12)/t2-,3+,6?. The van der Waals surface area contributed by atoms with Crippen molar-refractivity contribution in [3.05, 3.63) is 0 Å². The van der Waals surface area contributed by atoms with Crippen LogP contribution in [0.2, 0.25) is 0 Å². The molecule has 1 fully saturated rings. The summed E-state index contributed by atoms with van der Waals surface area (Å²) in [5.74, 6) is -3.79. The minimum Gasteiger partial charge on any atom is -0.481 e. The lowest BCUT2D eigenvalue weighted by Gasteiger charge is -1.99. The highest BCUT2D eigenvalue weighted by Crippen LogP contribution is 2.58. The van der Waals surface area contributed by atoms with Gasteiger partial charge in [0.2, 0.25) is 0 Å². The van der Waals surface area contributed by atoms with Crippen LogP contribution < -0.4 is 0 Å². The summed E-state index contributed by atoms with van der Waals surface area (Å²) in [5, 5.41) is 17.6. The molecule has 0 amide bonds. The van der Waals surface area contributed by atoms with Crippen molar-refractivity contribution in [3.63, 3.8) is 0 Å². The highest BCUT2D eigenvalue weighted by molar-refractivity contribution is 9.12. The van der Waals surface area contributed by atoms with E-state index in [0.29, 0.717) is 5.33 Å². The molecule has 68 valence electrons. The number of carboxylic acids is 2. The van der Waals surface area contributed by atoms with Gasteiger partial charge in [0.25, 0.3) is 0 Å². The highest BCUT2D eigenvalue weighted by atomic mass is 79.9. The van der Waals surface area contributed by atoms with Crippen molar-refractivity contribution in [1.82, 2.24) is 0 Å². The smallest absolute Gasteiger partial charge is 0.308 e. The molecule has 3 atom stereocenters. The van der Waals surface area contributed by atoms with Crippen molar-refractivity contribution >= 4 is 43.8 Å². The van der Waals surface area contributed by atoms with E-state index in [9.17, 15) is 9.59 Å². The molecule has 0 aliphatic heterocycles. The van der Waals surface area contributed by atoms with Crippen molar-refractivity contribution in [2.45, 2.75) is 4.32 Å². The fourth-order valence-electron chi connectivity index (χ4n) is 1.27. The van der Waals surface area contributed by atoms with Crippen molar-refractivity contribution in [2.24, 2.45) is 11.8 Å². The van der Waals surface area contributed by atoms with Gasteiger partial charge in [-0.05, 0) is 0 Å². The Morgan fingerprint density at radius 3 is 1.67 bits per heavy atom. The fraction of sp³-hybridized carbons (Fsp3) is 0.667. The summed E-state index contributed by atoms with van der Waals surface area (Å²) in [7, 11) is 0. The predicted octanol–water partition coefficient (Wildman–Crippen LogP) is 0.930. The number of rotatable bonds is 3. The minimum absolute atomic E-state index is 0.327. The summed E-state index contributed by atoms with van der Waals surface area (Å²) in [6, 6.07) is 0. The van der Waals surface area contributed by atoms with E-state index in [1.54, 1.807) is 0 Å². The first-order valence-electron chi connectivity index (χ1n) is 3.15. The largest absolute Gasteiger partial charge is 0.481 e. The number of carbonyl (C=O) groups is 2. The van der Waals surface area contributed by atoms with Gasteiger partial charge in [0.15, 0.2) is 0 Å². The average Bonchev–Trinajstić information content (AvgIpc) is 2.58. The van der Waals surface area contributed by atoms with Crippen LogP contribution >= 0.6 is 31.9 Å². The number of hydrogen-bond donors (Lipinski definition) is 2. The Balaban J connectivity index is 2.81. The van der Waals surface area contributed by atoms with Crippen LogP contribution in [-0.2, 0) is 9.59 Å². The van der Waals surface area contributed by atoms with E-state index < -0.39 is 28.1 Å². The molecule has 0 aromatic carbocycles. The van der Waals surface area contributed by atoms with Crippen LogP contribution in [0, 0.1) is 11.8 Å². The van der Waals surface area contributed by atoms with E-state index in [1.165, 1.54) is 0 Å². The summed E-state index contributed by atoms with van der Waals surface area (Å²) < 4.78 is -0.801. The number of carboxylic acid groups (broad SMARTS) is 2. The molecular formula is C6H6Br2O4. The van der Waals surface area contributed by atoms with Crippen molar-refractivity contribution in [1.29, 1.82) is 0 Å². The molecule has 0 bridgehead atoms. The maximum absolute atomic E-state index is 10.5. The molecule has 1 rings (SSSR count). The van der Waals surface area contributed by atoms with Gasteiger partial charge in [0, 0.05) is 5.33 Å². The van der Waals surface area contributed by atoms with Gasteiger partial charge in [0.1, 0.15) is 0 Å². The van der Waals surface area contributed by atoms with Crippen LogP contribution in [0.15, 0.2) is 0 Å². The number of hydrogen-bond acceptors (Lipinski definition) is 2. The first-order chi connectivity index (χ1) is 5.45. The second-order valence-electron chi connectivity index (χ2n) is 2.69. The third kappa shape index (κ3) is 1.26. The van der Waals surface area contributed by atoms with E-state index in [1.807, 2.05) is 0 Å². The van der Waals surface area contributed by atoms with Gasteiger partial charge >= 0.3 is 11.9 Å². The number of aliphatic carboxylic acids is 2. The van der Waals surface area contributed by atoms with Gasteiger partial charge < -0.3 is 10.2 Å². The molecule has 6 heteroatoms. The Bertz CT molecular complexity index is 220. The monoisotopic (exact) mass is 300 g/mol. The third-order valence-electron chi connectivity index (χ3n) is 2.00. The first-order valence-corrected chi connectivity index (χ1v) is 5.07. The molecule has 0 heterocycles. The molecule has 0 radical (unpaired) electrons. The molecule has 0 spiro atoms. The third-order valence-corrected chi connectivity index (χ3v) is 4.94. The summed E-state index contributed by atoms with van der Waals surface area (Å²) in [6.45, 7) is 0. The van der Waals surface area contributed by atoms with E-state index in [0.717, 1.165) is 0 Å². The lowest BCUT2D eigenvalue weighted by atomic mass is 10.3. The SMILES string of the molecule is O=C(O)[C@@H]1[C@H](C(=O)O)C1(Br)CBr. The van der Waals surface area contributed by atoms with Crippen LogP contribution in [0.25, 0.3) is 0 Å². The molecule has 1 aliphatic carbocycles. The zero-order chi connectivity index (χ0) is 9.52. The summed E-state index contributed by atoms with van der Waals surface area (Å²) in [4.78, 5) is 21.1. The second-order valence-corrected chi connectivity index (χ2v) is 4.73. The van der Waals surface area contributed by atoms with Crippen molar-refractivity contribution < 1.29 is 19.8 Å². The Kier molecular flexibility index (Phi) is 2.49. The maximum atomic E-state index is 10.5. The van der Waals surface area contributed by atoms with Crippen LogP contribution in [0.5, 0.6) is 0 Å². The summed E-state index contributed by atoms with van der Waals surface area (Å²) >= 11 is 6.19. The van der Waals surface area contributed by atoms with E-state index in [4.69, 9.17) is 10.2 Å². The van der Waals surface area contributed by atoms with Crippen LogP contribution in [0.1, 0.15) is 0 Å². The zero-order valence-corrected chi connectivity index (χ0v) is 9.00. The van der Waals surface area contributed by atoms with Crippen LogP contribution in [-0.4, -0.2) is 31.8 Å². The van der Waals surface area contributed by atoms with Gasteiger partial charge in [-0.1, -0.05) is 31.9 Å². The molecule has 0 aromatic rings. The Morgan fingerprint density at radius 2 is 1.58 bits per heavy atom. The molecule has 12 heavy (non-hydrogen) atoms. The van der Waals surface area contributed by atoms with Crippen molar-refractivity contribution in [2.75, 3.05) is 5.33 Å². The quantitative estimate of drug-likeness (QED) is 0.761. The Labute approximate surface area is 85.2 Å². The zero-order valence-electron chi connectivity index (χ0n) is 5.83. The molecular weight excluding hydrogens is 296 g/mol. The van der Waals surface area contributed by atoms with Crippen LogP contribution in [0.4, 0.5) is 0 Å². The average molecular weight is 302 g/mol. The fourth-order valence-corrected chi connectivity index (χ4v) is 2.76. The van der Waals surface area contributed by atoms with E-state index >= 15 is 0 Å². The molecule has 4 nitrogen and oxygen atoms in total. The first kappa shape index (κ1) is 9.98. The van der Waals surface area contributed by atoms with Gasteiger partial charge in [-0.3, -0.25) is 9.59 Å². The normalized spacial score (nSPS) is 39.2. The number of alkyl halides is 2. The molecule has 0 saturated heterocycles. The van der Waals surface area contributed by atoms with Gasteiger partial charge in [0.05, 0.1) is 16.2 Å².